The summed E-state index contributed by atoms with van der Waals surface area (Å²) < 4.78 is 0. The van der Waals surface area contributed by atoms with E-state index >= 15 is 0 Å². The minimum absolute atomic E-state index is 0.188. The number of hydrogen-bond donors (Lipinski definition) is 0. The Hall–Kier alpha value is -0.900. The highest BCUT2D eigenvalue weighted by atomic mass is 32.2. The molecule has 0 bridgehead atoms. The molecule has 1 saturated heterocycles. The summed E-state index contributed by atoms with van der Waals surface area (Å²) in [4.78, 5) is 19.6. The Morgan fingerprint density at radius 1 is 1.33 bits per heavy atom. The average molecular weight is 222 g/mol. The van der Waals surface area contributed by atoms with Gasteiger partial charge < -0.3 is 0 Å². The molecule has 2 heterocycles. The van der Waals surface area contributed by atoms with Gasteiger partial charge in [-0.3, -0.25) is 4.79 Å². The summed E-state index contributed by atoms with van der Waals surface area (Å²) in [5.74, 6) is 3.15. The summed E-state index contributed by atoms with van der Waals surface area (Å²) in [5, 5.41) is 0. The van der Waals surface area contributed by atoms with Gasteiger partial charge in [-0.05, 0) is 30.3 Å². The fourth-order valence-corrected chi connectivity index (χ4v) is 2.98. The second-order valence-corrected chi connectivity index (χ2v) is 5.03. The van der Waals surface area contributed by atoms with E-state index in [2.05, 4.69) is 9.97 Å². The summed E-state index contributed by atoms with van der Waals surface area (Å²) in [5.41, 5.74) is 0.649. The van der Waals surface area contributed by atoms with Gasteiger partial charge in [-0.2, -0.15) is 11.8 Å². The van der Waals surface area contributed by atoms with Crippen LogP contribution in [0.3, 0.4) is 0 Å². The number of thioether (sulfide) groups is 1. The van der Waals surface area contributed by atoms with Crippen LogP contribution in [-0.4, -0.2) is 27.3 Å². The number of rotatable bonds is 3. The van der Waals surface area contributed by atoms with E-state index in [1.54, 1.807) is 12.4 Å². The van der Waals surface area contributed by atoms with Gasteiger partial charge in [-0.1, -0.05) is 0 Å². The van der Waals surface area contributed by atoms with Crippen molar-refractivity contribution in [2.45, 2.75) is 19.3 Å². The Morgan fingerprint density at radius 2 is 2.00 bits per heavy atom. The predicted molar refractivity (Wildman–Crippen MR) is 61.0 cm³/mol. The fourth-order valence-electron chi connectivity index (χ4n) is 1.77. The van der Waals surface area contributed by atoms with Crippen molar-refractivity contribution < 1.29 is 4.79 Å². The quantitative estimate of drug-likeness (QED) is 0.735. The van der Waals surface area contributed by atoms with Crippen molar-refractivity contribution in [3.05, 3.63) is 24.3 Å². The molecule has 1 fully saturated rings. The third kappa shape index (κ3) is 3.02. The number of carbonyl (C=O) groups is 1. The van der Waals surface area contributed by atoms with Gasteiger partial charge in [0.15, 0.2) is 5.78 Å². The molecule has 0 unspecified atom stereocenters. The summed E-state index contributed by atoms with van der Waals surface area (Å²) in [6.45, 7) is 0. The van der Waals surface area contributed by atoms with Gasteiger partial charge in [0.05, 0.1) is 5.56 Å². The first kappa shape index (κ1) is 10.6. The van der Waals surface area contributed by atoms with Crippen LogP contribution in [0.4, 0.5) is 0 Å². The third-order valence-corrected chi connectivity index (χ3v) is 3.75. The summed E-state index contributed by atoms with van der Waals surface area (Å²) >= 11 is 1.99. The van der Waals surface area contributed by atoms with Gasteiger partial charge in [0, 0.05) is 18.8 Å². The minimum Gasteiger partial charge on any atom is -0.294 e. The molecule has 0 radical (unpaired) electrons. The number of ketones is 1. The first-order valence-electron chi connectivity index (χ1n) is 5.22. The second kappa shape index (κ2) is 5.26. The van der Waals surface area contributed by atoms with Crippen molar-refractivity contribution in [2.75, 3.05) is 11.5 Å². The molecule has 2 rings (SSSR count). The van der Waals surface area contributed by atoms with E-state index in [1.165, 1.54) is 30.7 Å². The molecular weight excluding hydrogens is 208 g/mol. The van der Waals surface area contributed by atoms with Crippen LogP contribution in [-0.2, 0) is 0 Å². The first-order valence-corrected chi connectivity index (χ1v) is 6.37. The van der Waals surface area contributed by atoms with E-state index in [-0.39, 0.29) is 5.78 Å². The molecule has 0 saturated carbocycles. The fraction of sp³-hybridized carbons (Fsp3) is 0.545. The van der Waals surface area contributed by atoms with Gasteiger partial charge in [0.2, 0.25) is 0 Å². The van der Waals surface area contributed by atoms with Crippen molar-refractivity contribution in [3.63, 3.8) is 0 Å². The monoisotopic (exact) mass is 222 g/mol. The predicted octanol–water partition coefficient (Wildman–Crippen LogP) is 2.19. The second-order valence-electron chi connectivity index (χ2n) is 3.81. The molecule has 1 aromatic heterocycles. The summed E-state index contributed by atoms with van der Waals surface area (Å²) in [6.07, 6.45) is 7.66. The van der Waals surface area contributed by atoms with Gasteiger partial charge in [0.1, 0.15) is 6.33 Å². The average Bonchev–Trinajstić information content (AvgIpc) is 2.31. The highest BCUT2D eigenvalue weighted by molar-refractivity contribution is 7.99. The van der Waals surface area contributed by atoms with E-state index < -0.39 is 0 Å². The molecule has 0 aromatic carbocycles. The molecule has 3 nitrogen and oxygen atoms in total. The zero-order valence-corrected chi connectivity index (χ0v) is 9.37. The van der Waals surface area contributed by atoms with Crippen LogP contribution >= 0.6 is 11.8 Å². The van der Waals surface area contributed by atoms with Crippen molar-refractivity contribution >= 4 is 17.5 Å². The molecule has 1 aliphatic heterocycles. The van der Waals surface area contributed by atoms with E-state index in [1.807, 2.05) is 11.8 Å². The van der Waals surface area contributed by atoms with Crippen molar-refractivity contribution in [1.82, 2.24) is 9.97 Å². The molecule has 1 aliphatic rings. The smallest absolute Gasteiger partial charge is 0.166 e. The molecule has 0 N–H and O–H groups in total. The Bertz CT molecular complexity index is 323. The van der Waals surface area contributed by atoms with Crippen molar-refractivity contribution in [1.29, 1.82) is 0 Å². The zero-order valence-electron chi connectivity index (χ0n) is 8.56. The largest absolute Gasteiger partial charge is 0.294 e. The van der Waals surface area contributed by atoms with Gasteiger partial charge in [0.25, 0.3) is 0 Å². The Morgan fingerprint density at radius 3 is 2.67 bits per heavy atom. The maximum atomic E-state index is 11.8. The van der Waals surface area contributed by atoms with Crippen LogP contribution in [0.25, 0.3) is 0 Å². The Kier molecular flexibility index (Phi) is 3.72. The van der Waals surface area contributed by atoms with Crippen molar-refractivity contribution in [2.24, 2.45) is 5.92 Å². The van der Waals surface area contributed by atoms with Gasteiger partial charge in [-0.25, -0.2) is 9.97 Å². The van der Waals surface area contributed by atoms with Crippen LogP contribution in [0, 0.1) is 5.92 Å². The van der Waals surface area contributed by atoms with Gasteiger partial charge >= 0.3 is 0 Å². The molecule has 80 valence electrons. The highest BCUT2D eigenvalue weighted by Gasteiger charge is 2.18. The summed E-state index contributed by atoms with van der Waals surface area (Å²) in [6, 6.07) is 0. The maximum Gasteiger partial charge on any atom is 0.166 e. The van der Waals surface area contributed by atoms with Crippen LogP contribution in [0.5, 0.6) is 0 Å². The number of carbonyl (C=O) groups excluding carboxylic acids is 1. The zero-order chi connectivity index (χ0) is 10.5. The molecule has 15 heavy (non-hydrogen) atoms. The van der Waals surface area contributed by atoms with Gasteiger partial charge in [-0.15, -0.1) is 0 Å². The number of nitrogens with zero attached hydrogens (tertiary/aromatic N) is 2. The number of Topliss-reactive ketones (excluding diaryl/α,β-unsaturated/α-hetero) is 1. The normalized spacial score (nSPS) is 17.6. The molecule has 0 spiro atoms. The molecule has 0 amide bonds. The summed E-state index contributed by atoms with van der Waals surface area (Å²) in [7, 11) is 0. The SMILES string of the molecule is O=C(CC1CCSCC1)c1cncnc1. The molecule has 0 aliphatic carbocycles. The lowest BCUT2D eigenvalue weighted by Gasteiger charge is -2.20. The van der Waals surface area contributed by atoms with E-state index in [9.17, 15) is 4.79 Å². The highest BCUT2D eigenvalue weighted by Crippen LogP contribution is 2.26. The minimum atomic E-state index is 0.188. The van der Waals surface area contributed by atoms with Crippen molar-refractivity contribution in [3.8, 4) is 0 Å². The van der Waals surface area contributed by atoms with Crippen LogP contribution in [0.1, 0.15) is 29.6 Å². The lowest BCUT2D eigenvalue weighted by molar-refractivity contribution is 0.0958. The molecule has 1 aromatic rings. The number of aromatic nitrogens is 2. The van der Waals surface area contributed by atoms with E-state index in [0.717, 1.165) is 0 Å². The van der Waals surface area contributed by atoms with Crippen LogP contribution < -0.4 is 0 Å². The Balaban J connectivity index is 1.91. The first-order chi connectivity index (χ1) is 7.36. The lowest BCUT2D eigenvalue weighted by Crippen LogP contribution is -2.14. The third-order valence-electron chi connectivity index (χ3n) is 2.70. The van der Waals surface area contributed by atoms with E-state index in [4.69, 9.17) is 0 Å². The molecule has 0 atom stereocenters. The molecular formula is C11H14N2OS. The molecule has 4 heteroatoms. The van der Waals surface area contributed by atoms with Crippen LogP contribution in [0.2, 0.25) is 0 Å². The standard InChI is InChI=1S/C11H14N2OS/c14-11(10-6-12-8-13-7-10)5-9-1-3-15-4-2-9/h6-9H,1-5H2. The Labute approximate surface area is 93.7 Å². The van der Waals surface area contributed by atoms with Crippen LogP contribution in [0.15, 0.2) is 18.7 Å². The maximum absolute atomic E-state index is 11.8. The number of hydrogen-bond acceptors (Lipinski definition) is 4. The topological polar surface area (TPSA) is 42.9 Å². The lowest BCUT2D eigenvalue weighted by atomic mass is 9.94. The van der Waals surface area contributed by atoms with E-state index in [0.29, 0.717) is 17.9 Å².